The first-order chi connectivity index (χ1) is 13.6. The van der Waals surface area contributed by atoms with Crippen molar-refractivity contribution in [2.75, 3.05) is 6.54 Å². The van der Waals surface area contributed by atoms with Crippen molar-refractivity contribution in [1.29, 1.82) is 0 Å². The van der Waals surface area contributed by atoms with Crippen molar-refractivity contribution < 1.29 is 9.18 Å². The van der Waals surface area contributed by atoms with Gasteiger partial charge in [-0.2, -0.15) is 4.98 Å². The quantitative estimate of drug-likeness (QED) is 0.515. The van der Waals surface area contributed by atoms with Crippen LogP contribution in [0.4, 0.5) is 4.39 Å². The molecule has 2 aromatic carbocycles. The Balaban J connectivity index is 1.40. The number of thiazole rings is 1. The Kier molecular flexibility index (Phi) is 5.36. The molecule has 5 nitrogen and oxygen atoms in total. The highest BCUT2D eigenvalue weighted by Gasteiger charge is 2.12. The Hall–Kier alpha value is -2.77. The molecule has 1 N–H and O–H groups in total. The molecule has 0 aliphatic carbocycles. The molecular weight excluding hydrogens is 399 g/mol. The van der Waals surface area contributed by atoms with E-state index in [-0.39, 0.29) is 18.1 Å². The van der Waals surface area contributed by atoms with Gasteiger partial charge >= 0.3 is 0 Å². The second-order valence-electron chi connectivity index (χ2n) is 6.24. The van der Waals surface area contributed by atoms with Crippen molar-refractivity contribution in [3.63, 3.8) is 0 Å². The van der Waals surface area contributed by atoms with Gasteiger partial charge in [-0.25, -0.2) is 8.91 Å². The third kappa shape index (κ3) is 4.05. The number of nitrogens with one attached hydrogen (secondary N) is 1. The van der Waals surface area contributed by atoms with Gasteiger partial charge in [0.05, 0.1) is 12.1 Å². The monoisotopic (exact) mass is 414 g/mol. The normalized spacial score (nSPS) is 11.1. The van der Waals surface area contributed by atoms with Crippen LogP contribution in [-0.4, -0.2) is 27.0 Å². The Morgan fingerprint density at radius 1 is 1.21 bits per heavy atom. The predicted molar refractivity (Wildman–Crippen MR) is 108 cm³/mol. The number of carbonyl (C=O) groups is 1. The largest absolute Gasteiger partial charge is 0.355 e. The minimum atomic E-state index is -0.322. The number of rotatable bonds is 6. The van der Waals surface area contributed by atoms with Crippen LogP contribution in [0.1, 0.15) is 11.3 Å². The number of nitrogens with zero attached hydrogens (tertiary/aromatic N) is 3. The number of amides is 1. The topological polar surface area (TPSA) is 59.3 Å². The first-order valence-electron chi connectivity index (χ1n) is 8.69. The third-order valence-electron chi connectivity index (χ3n) is 4.24. The van der Waals surface area contributed by atoms with Gasteiger partial charge < -0.3 is 5.32 Å². The summed E-state index contributed by atoms with van der Waals surface area (Å²) in [6, 6.07) is 13.5. The number of hydrogen-bond donors (Lipinski definition) is 1. The highest BCUT2D eigenvalue weighted by Crippen LogP contribution is 2.21. The van der Waals surface area contributed by atoms with Gasteiger partial charge in [-0.15, -0.1) is 16.4 Å². The number of halogens is 2. The second-order valence-corrected chi connectivity index (χ2v) is 7.48. The fourth-order valence-corrected chi connectivity index (χ4v) is 3.91. The van der Waals surface area contributed by atoms with Crippen molar-refractivity contribution in [1.82, 2.24) is 19.9 Å². The number of hydrogen-bond acceptors (Lipinski definition) is 4. The highest BCUT2D eigenvalue weighted by molar-refractivity contribution is 7.15. The van der Waals surface area contributed by atoms with Crippen molar-refractivity contribution in [2.24, 2.45) is 0 Å². The molecule has 0 saturated carbocycles. The average Bonchev–Trinajstić information content (AvgIpc) is 3.25. The van der Waals surface area contributed by atoms with Gasteiger partial charge in [-0.3, -0.25) is 4.79 Å². The molecule has 0 unspecified atom stereocenters. The molecular formula is C20H16ClFN4OS. The minimum absolute atomic E-state index is 0.0846. The van der Waals surface area contributed by atoms with E-state index in [0.29, 0.717) is 29.4 Å². The molecule has 4 aromatic rings. The van der Waals surface area contributed by atoms with Crippen LogP contribution in [0, 0.1) is 5.82 Å². The van der Waals surface area contributed by atoms with Crippen LogP contribution in [0.15, 0.2) is 53.9 Å². The molecule has 0 aliphatic rings. The van der Waals surface area contributed by atoms with E-state index < -0.39 is 0 Å². The van der Waals surface area contributed by atoms with Crippen LogP contribution in [0.2, 0.25) is 5.02 Å². The summed E-state index contributed by atoms with van der Waals surface area (Å²) in [5.41, 5.74) is 2.37. The number of fused-ring (bicyclic) bond motifs is 1. The van der Waals surface area contributed by atoms with Gasteiger partial charge in [0.25, 0.3) is 0 Å². The lowest BCUT2D eigenvalue weighted by Crippen LogP contribution is -2.27. The minimum Gasteiger partial charge on any atom is -0.355 e. The summed E-state index contributed by atoms with van der Waals surface area (Å²) in [4.78, 5) is 17.3. The van der Waals surface area contributed by atoms with E-state index >= 15 is 0 Å². The number of carbonyl (C=O) groups excluding carboxylic acids is 1. The maximum atomic E-state index is 13.4. The van der Waals surface area contributed by atoms with E-state index in [2.05, 4.69) is 15.4 Å². The zero-order valence-electron chi connectivity index (χ0n) is 14.7. The molecule has 142 valence electrons. The summed E-state index contributed by atoms with van der Waals surface area (Å²) >= 11 is 7.55. The van der Waals surface area contributed by atoms with Crippen LogP contribution in [0.5, 0.6) is 0 Å². The molecule has 0 saturated heterocycles. The maximum Gasteiger partial charge on any atom is 0.224 e. The average molecular weight is 415 g/mol. The fourth-order valence-electron chi connectivity index (χ4n) is 2.85. The van der Waals surface area contributed by atoms with Crippen LogP contribution < -0.4 is 5.32 Å². The summed E-state index contributed by atoms with van der Waals surface area (Å²) in [5.74, 6) is 0.0751. The lowest BCUT2D eigenvalue weighted by molar-refractivity contribution is -0.120. The van der Waals surface area contributed by atoms with E-state index in [1.165, 1.54) is 23.5 Å². The van der Waals surface area contributed by atoms with E-state index in [0.717, 1.165) is 16.2 Å². The van der Waals surface area contributed by atoms with E-state index in [4.69, 9.17) is 11.6 Å². The Morgan fingerprint density at radius 2 is 2.07 bits per heavy atom. The van der Waals surface area contributed by atoms with Crippen molar-refractivity contribution in [3.05, 3.63) is 76.0 Å². The molecule has 0 aliphatic heterocycles. The Morgan fingerprint density at radius 3 is 2.89 bits per heavy atom. The lowest BCUT2D eigenvalue weighted by atomic mass is 10.1. The molecule has 0 atom stereocenters. The Labute approximate surface area is 169 Å². The highest BCUT2D eigenvalue weighted by atomic mass is 35.5. The second kappa shape index (κ2) is 8.08. The number of aromatic nitrogens is 3. The summed E-state index contributed by atoms with van der Waals surface area (Å²) in [6.45, 7) is 0.476. The Bertz CT molecular complexity index is 1140. The summed E-state index contributed by atoms with van der Waals surface area (Å²) in [6.07, 6.45) is 0.853. The van der Waals surface area contributed by atoms with Crippen molar-refractivity contribution in [2.45, 2.75) is 12.8 Å². The molecule has 4 rings (SSSR count). The van der Waals surface area contributed by atoms with Crippen molar-refractivity contribution in [3.8, 4) is 11.4 Å². The van der Waals surface area contributed by atoms with Gasteiger partial charge in [0.1, 0.15) is 5.82 Å². The molecule has 0 spiro atoms. The van der Waals surface area contributed by atoms with E-state index in [1.807, 2.05) is 23.6 Å². The molecule has 28 heavy (non-hydrogen) atoms. The molecule has 0 radical (unpaired) electrons. The summed E-state index contributed by atoms with van der Waals surface area (Å²) in [5, 5.41) is 9.93. The van der Waals surface area contributed by atoms with E-state index in [9.17, 15) is 9.18 Å². The predicted octanol–water partition coefficient (Wildman–Crippen LogP) is 4.15. The number of benzene rings is 2. The van der Waals surface area contributed by atoms with E-state index in [1.54, 1.807) is 22.7 Å². The third-order valence-corrected chi connectivity index (χ3v) is 5.48. The maximum absolute atomic E-state index is 13.4. The van der Waals surface area contributed by atoms with Crippen molar-refractivity contribution >= 4 is 33.8 Å². The van der Waals surface area contributed by atoms with Gasteiger partial charge in [-0.1, -0.05) is 41.9 Å². The molecule has 2 heterocycles. The van der Waals surface area contributed by atoms with Gasteiger partial charge in [-0.05, 0) is 23.8 Å². The standard InChI is InChI=1S/C20H16ClFN4OS/c21-17-7-2-1-4-13(17)11-18(27)23-9-8-16-12-28-20-24-19(25-26(16)20)14-5-3-6-15(22)10-14/h1-7,10,12H,8-9,11H2,(H,23,27). The molecule has 8 heteroatoms. The SMILES string of the molecule is O=C(Cc1ccccc1Cl)NCCc1csc2nc(-c3cccc(F)c3)nn12. The van der Waals surface area contributed by atoms with Gasteiger partial charge in [0, 0.05) is 28.9 Å². The summed E-state index contributed by atoms with van der Waals surface area (Å²) in [7, 11) is 0. The van der Waals surface area contributed by atoms with Gasteiger partial charge in [0.2, 0.25) is 10.9 Å². The van der Waals surface area contributed by atoms with Crippen LogP contribution in [-0.2, 0) is 17.6 Å². The zero-order chi connectivity index (χ0) is 19.5. The first kappa shape index (κ1) is 18.6. The molecule has 0 fully saturated rings. The summed E-state index contributed by atoms with van der Waals surface area (Å²) < 4.78 is 15.2. The lowest BCUT2D eigenvalue weighted by Gasteiger charge is -2.06. The fraction of sp³-hybridized carbons (Fsp3) is 0.150. The van der Waals surface area contributed by atoms with Crippen LogP contribution >= 0.6 is 22.9 Å². The zero-order valence-corrected chi connectivity index (χ0v) is 16.3. The van der Waals surface area contributed by atoms with Gasteiger partial charge in [0.15, 0.2) is 5.82 Å². The first-order valence-corrected chi connectivity index (χ1v) is 9.95. The molecule has 0 bridgehead atoms. The van der Waals surface area contributed by atoms with Crippen LogP contribution in [0.3, 0.4) is 0 Å². The smallest absolute Gasteiger partial charge is 0.224 e. The van der Waals surface area contributed by atoms with Crippen LogP contribution in [0.25, 0.3) is 16.3 Å². The molecule has 2 aromatic heterocycles. The molecule has 1 amide bonds.